The highest BCUT2D eigenvalue weighted by molar-refractivity contribution is 5.37. The van der Waals surface area contributed by atoms with Crippen molar-refractivity contribution in [3.8, 4) is 0 Å². The van der Waals surface area contributed by atoms with Crippen LogP contribution in [0, 0.1) is 18.3 Å². The molecule has 0 bridgehead atoms. The third-order valence-electron chi connectivity index (χ3n) is 8.11. The van der Waals surface area contributed by atoms with Crippen LogP contribution in [0.3, 0.4) is 0 Å². The summed E-state index contributed by atoms with van der Waals surface area (Å²) in [6.45, 7) is 16.4. The molecule has 0 spiro atoms. The fourth-order valence-corrected chi connectivity index (χ4v) is 5.11. The molecule has 1 rings (SSSR count). The molecule has 0 heterocycles. The summed E-state index contributed by atoms with van der Waals surface area (Å²) in [5.74, 6) is 1.89. The first kappa shape index (κ1) is 33.7. The van der Waals surface area contributed by atoms with Crippen molar-refractivity contribution in [2.75, 3.05) is 6.61 Å². The minimum absolute atomic E-state index is 0.142. The molecular formula is C35H61O2-. The summed E-state index contributed by atoms with van der Waals surface area (Å²) in [5, 5.41) is 10.6. The largest absolute Gasteiger partial charge is 0.493 e. The highest BCUT2D eigenvalue weighted by atomic mass is 16.5. The number of aliphatic hydroxyl groups is 1. The van der Waals surface area contributed by atoms with E-state index in [9.17, 15) is 5.11 Å². The molecule has 1 aliphatic carbocycles. The molecule has 0 saturated heterocycles. The second-order valence-corrected chi connectivity index (χ2v) is 11.8. The molecule has 3 unspecified atom stereocenters. The highest BCUT2D eigenvalue weighted by Crippen LogP contribution is 2.34. The van der Waals surface area contributed by atoms with E-state index in [0.29, 0.717) is 5.92 Å². The van der Waals surface area contributed by atoms with Crippen molar-refractivity contribution >= 4 is 0 Å². The van der Waals surface area contributed by atoms with Gasteiger partial charge < -0.3 is 16.3 Å². The lowest BCUT2D eigenvalue weighted by atomic mass is 9.84. The zero-order valence-electron chi connectivity index (χ0n) is 25.7. The van der Waals surface area contributed by atoms with Gasteiger partial charge in [0.2, 0.25) is 0 Å². The predicted molar refractivity (Wildman–Crippen MR) is 163 cm³/mol. The average Bonchev–Trinajstić information content (AvgIpc) is 2.87. The molecular weight excluding hydrogens is 452 g/mol. The smallest absolute Gasteiger partial charge is 0.121 e. The molecule has 0 aliphatic heterocycles. The summed E-state index contributed by atoms with van der Waals surface area (Å²) in [5.41, 5.74) is 5.53. The van der Waals surface area contributed by atoms with E-state index >= 15 is 0 Å². The summed E-state index contributed by atoms with van der Waals surface area (Å²) < 4.78 is 6.34. The third-order valence-corrected chi connectivity index (χ3v) is 8.11. The van der Waals surface area contributed by atoms with Gasteiger partial charge in [-0.2, -0.15) is 13.3 Å². The van der Waals surface area contributed by atoms with Crippen LogP contribution >= 0.6 is 0 Å². The zero-order chi connectivity index (χ0) is 27.5. The molecule has 1 N–H and O–H groups in total. The Hall–Kier alpha value is -1.28. The van der Waals surface area contributed by atoms with E-state index in [1.165, 1.54) is 93.8 Å². The Morgan fingerprint density at radius 3 is 2.32 bits per heavy atom. The van der Waals surface area contributed by atoms with E-state index in [1.54, 1.807) is 5.57 Å². The molecule has 0 aromatic carbocycles. The van der Waals surface area contributed by atoms with Gasteiger partial charge in [0.1, 0.15) is 5.76 Å². The molecule has 2 nitrogen and oxygen atoms in total. The number of rotatable bonds is 21. The summed E-state index contributed by atoms with van der Waals surface area (Å²) >= 11 is 0. The van der Waals surface area contributed by atoms with Crippen molar-refractivity contribution in [3.63, 3.8) is 0 Å². The molecule has 2 heteroatoms. The van der Waals surface area contributed by atoms with E-state index in [0.717, 1.165) is 31.6 Å². The van der Waals surface area contributed by atoms with Gasteiger partial charge in [-0.1, -0.05) is 82.6 Å². The number of hydrogen-bond acceptors (Lipinski definition) is 2. The van der Waals surface area contributed by atoms with Crippen LogP contribution in [0.4, 0.5) is 0 Å². The fraction of sp³-hybridized carbons (Fsp3) is 0.743. The van der Waals surface area contributed by atoms with E-state index < -0.39 is 0 Å². The maximum Gasteiger partial charge on any atom is 0.121 e. The van der Waals surface area contributed by atoms with Crippen LogP contribution in [-0.2, 0) is 4.74 Å². The van der Waals surface area contributed by atoms with Crippen molar-refractivity contribution in [2.45, 2.75) is 151 Å². The van der Waals surface area contributed by atoms with Gasteiger partial charge in [-0.15, -0.1) is 0 Å². The molecule has 0 radical (unpaired) electrons. The summed E-state index contributed by atoms with van der Waals surface area (Å²) in [4.78, 5) is 0. The van der Waals surface area contributed by atoms with Crippen LogP contribution in [0.2, 0.25) is 0 Å². The first-order valence-corrected chi connectivity index (χ1v) is 15.6. The molecule has 214 valence electrons. The van der Waals surface area contributed by atoms with E-state index in [4.69, 9.17) is 4.74 Å². The standard InChI is InChI=1S/C35H61O2/c1-8-10-12-13-14-16-26-37-35-32(7)31(6)34(36)27-33(35)25-24-30(5)23-18-22-29(4)21-17-20-28(3)19-15-11-9-2/h9,19,22,27,30-31,34,36H,8,10-18,20-21,23-26H2,1-7H3/q-1/b28-19+,29-22+. The Morgan fingerprint density at radius 1 is 1.00 bits per heavy atom. The number of unbranched alkanes of at least 4 members (excludes halogenated alkanes) is 7. The van der Waals surface area contributed by atoms with E-state index in [-0.39, 0.29) is 12.0 Å². The van der Waals surface area contributed by atoms with Crippen molar-refractivity contribution in [2.24, 2.45) is 11.8 Å². The Labute approximate surface area is 231 Å². The average molecular weight is 514 g/mol. The Bertz CT molecular complexity index is 724. The predicted octanol–water partition coefficient (Wildman–Crippen LogP) is 10.8. The molecule has 3 atom stereocenters. The molecule has 0 aromatic rings. The SMILES string of the molecule is C[CH-]CC/C=C(\C)CCC/C(C)=C/CCC(C)CCC1=CC(O)C(C)C(C)=C1OCCCCCCCC. The van der Waals surface area contributed by atoms with Crippen molar-refractivity contribution in [3.05, 3.63) is 52.7 Å². The normalized spacial score (nSPS) is 19.8. The van der Waals surface area contributed by atoms with Crippen molar-refractivity contribution in [1.29, 1.82) is 0 Å². The first-order chi connectivity index (χ1) is 17.8. The monoisotopic (exact) mass is 513 g/mol. The Kier molecular flexibility index (Phi) is 18.8. The van der Waals surface area contributed by atoms with E-state index in [1.807, 2.05) is 0 Å². The van der Waals surface area contributed by atoms with Gasteiger partial charge in [-0.05, 0) is 95.3 Å². The van der Waals surface area contributed by atoms with Gasteiger partial charge in [0.15, 0.2) is 0 Å². The summed E-state index contributed by atoms with van der Waals surface area (Å²) in [6.07, 6.45) is 27.1. The summed E-state index contributed by atoms with van der Waals surface area (Å²) in [7, 11) is 0. The van der Waals surface area contributed by atoms with E-state index in [2.05, 4.69) is 73.1 Å². The lowest BCUT2D eigenvalue weighted by molar-refractivity contribution is 0.154. The number of hydrogen-bond donors (Lipinski definition) is 1. The summed E-state index contributed by atoms with van der Waals surface area (Å²) in [6, 6.07) is 0. The van der Waals surface area contributed by atoms with Gasteiger partial charge in [0.05, 0.1) is 12.7 Å². The lowest BCUT2D eigenvalue weighted by Crippen LogP contribution is -2.23. The molecule has 0 amide bonds. The lowest BCUT2D eigenvalue weighted by Gasteiger charge is -2.29. The van der Waals surface area contributed by atoms with Gasteiger partial charge >= 0.3 is 0 Å². The van der Waals surface area contributed by atoms with Crippen LogP contribution in [0.15, 0.2) is 46.3 Å². The van der Waals surface area contributed by atoms with Crippen LogP contribution in [0.25, 0.3) is 0 Å². The molecule has 37 heavy (non-hydrogen) atoms. The van der Waals surface area contributed by atoms with Crippen LogP contribution < -0.4 is 0 Å². The van der Waals surface area contributed by atoms with Crippen molar-refractivity contribution < 1.29 is 9.84 Å². The second kappa shape index (κ2) is 20.7. The first-order valence-electron chi connectivity index (χ1n) is 15.6. The maximum absolute atomic E-state index is 10.6. The van der Waals surface area contributed by atoms with Gasteiger partial charge in [-0.3, -0.25) is 0 Å². The zero-order valence-corrected chi connectivity index (χ0v) is 25.7. The molecule has 0 aromatic heterocycles. The number of ether oxygens (including phenoxy) is 1. The number of aliphatic hydroxyl groups excluding tert-OH is 1. The van der Waals surface area contributed by atoms with Crippen LogP contribution in [0.5, 0.6) is 0 Å². The van der Waals surface area contributed by atoms with Gasteiger partial charge in [-0.25, -0.2) is 0 Å². The minimum Gasteiger partial charge on any atom is -0.493 e. The molecule has 0 fully saturated rings. The topological polar surface area (TPSA) is 29.5 Å². The highest BCUT2D eigenvalue weighted by Gasteiger charge is 2.26. The Balaban J connectivity index is 2.42. The fourth-order valence-electron chi connectivity index (χ4n) is 5.11. The molecule has 1 aliphatic rings. The quantitative estimate of drug-likeness (QED) is 0.0939. The number of allylic oxidation sites excluding steroid dienone is 5. The second-order valence-electron chi connectivity index (χ2n) is 11.8. The van der Waals surface area contributed by atoms with Crippen LogP contribution in [0.1, 0.15) is 145 Å². The van der Waals surface area contributed by atoms with Crippen LogP contribution in [-0.4, -0.2) is 17.8 Å². The molecule has 0 saturated carbocycles. The Morgan fingerprint density at radius 2 is 1.65 bits per heavy atom. The third kappa shape index (κ3) is 15.0. The van der Waals surface area contributed by atoms with Gasteiger partial charge in [0.25, 0.3) is 0 Å². The van der Waals surface area contributed by atoms with Gasteiger partial charge in [0, 0.05) is 5.92 Å². The maximum atomic E-state index is 10.6. The minimum atomic E-state index is -0.388. The van der Waals surface area contributed by atoms with Crippen molar-refractivity contribution in [1.82, 2.24) is 0 Å².